The molecule has 0 saturated carbocycles. The Morgan fingerprint density at radius 3 is 2.45 bits per heavy atom. The van der Waals surface area contributed by atoms with E-state index in [4.69, 9.17) is 23.2 Å². The molecule has 2 rings (SSSR count). The maximum atomic E-state index is 12.7. The fourth-order valence-corrected chi connectivity index (χ4v) is 2.93. The molecular formula is C15H14Cl2F3NO. The smallest absolute Gasteiger partial charge is 0.339 e. The Morgan fingerprint density at radius 2 is 1.86 bits per heavy atom. The second-order valence-corrected chi connectivity index (χ2v) is 6.07. The third-order valence-corrected chi connectivity index (χ3v) is 3.94. The van der Waals surface area contributed by atoms with Crippen LogP contribution < -0.4 is 0 Å². The largest absolute Gasteiger partial charge is 0.393 e. The monoisotopic (exact) mass is 351 g/mol. The van der Waals surface area contributed by atoms with E-state index >= 15 is 0 Å². The maximum absolute atomic E-state index is 12.7. The van der Waals surface area contributed by atoms with Crippen LogP contribution in [-0.2, 0) is 4.79 Å². The normalized spacial score (nSPS) is 19.7. The van der Waals surface area contributed by atoms with Gasteiger partial charge in [-0.25, -0.2) is 0 Å². The minimum Gasteiger partial charge on any atom is -0.339 e. The van der Waals surface area contributed by atoms with Crippen molar-refractivity contribution in [2.75, 3.05) is 13.1 Å². The zero-order chi connectivity index (χ0) is 16.3. The molecule has 0 bridgehead atoms. The summed E-state index contributed by atoms with van der Waals surface area (Å²) in [6.07, 6.45) is -1.09. The topological polar surface area (TPSA) is 20.3 Å². The van der Waals surface area contributed by atoms with Gasteiger partial charge >= 0.3 is 6.18 Å². The first-order valence-electron chi connectivity index (χ1n) is 6.75. The van der Waals surface area contributed by atoms with Crippen LogP contribution in [0.4, 0.5) is 13.2 Å². The molecule has 1 aliphatic rings. The number of amides is 1. The van der Waals surface area contributed by atoms with Crippen molar-refractivity contribution in [3.8, 4) is 0 Å². The summed E-state index contributed by atoms with van der Waals surface area (Å²) in [4.78, 5) is 13.2. The summed E-state index contributed by atoms with van der Waals surface area (Å²) in [6.45, 7) is 0.0506. The van der Waals surface area contributed by atoms with E-state index < -0.39 is 18.0 Å². The first-order chi connectivity index (χ1) is 10.3. The molecule has 1 unspecified atom stereocenters. The lowest BCUT2D eigenvalue weighted by Crippen LogP contribution is -2.44. The maximum Gasteiger partial charge on any atom is 0.393 e. The van der Waals surface area contributed by atoms with Crippen LogP contribution in [0.15, 0.2) is 24.3 Å². The summed E-state index contributed by atoms with van der Waals surface area (Å²) in [6, 6.07) is 4.79. The van der Waals surface area contributed by atoms with E-state index in [9.17, 15) is 18.0 Å². The second kappa shape index (κ2) is 6.92. The summed E-state index contributed by atoms with van der Waals surface area (Å²) >= 11 is 11.7. The Bertz CT molecular complexity index is 566. The first kappa shape index (κ1) is 17.2. The summed E-state index contributed by atoms with van der Waals surface area (Å²) in [5.74, 6) is -1.88. The molecule has 1 aliphatic heterocycles. The Labute approximate surface area is 136 Å². The third kappa shape index (κ3) is 4.65. The second-order valence-electron chi connectivity index (χ2n) is 5.20. The first-order valence-corrected chi connectivity index (χ1v) is 7.51. The third-order valence-electron chi connectivity index (χ3n) is 3.50. The van der Waals surface area contributed by atoms with Crippen molar-refractivity contribution in [1.82, 2.24) is 4.90 Å². The molecule has 1 saturated heterocycles. The molecule has 22 heavy (non-hydrogen) atoms. The summed E-state index contributed by atoms with van der Waals surface area (Å²) in [7, 11) is 0. The Balaban J connectivity index is 2.03. The number of piperidine rings is 1. The lowest BCUT2D eigenvalue weighted by Gasteiger charge is -2.33. The van der Waals surface area contributed by atoms with Gasteiger partial charge in [-0.2, -0.15) is 13.2 Å². The molecule has 0 aliphatic carbocycles. The minimum absolute atomic E-state index is 0.0703. The lowest BCUT2D eigenvalue weighted by molar-refractivity contribution is -0.187. The highest BCUT2D eigenvalue weighted by molar-refractivity contribution is 6.34. The zero-order valence-electron chi connectivity index (χ0n) is 11.5. The fraction of sp³-hybridized carbons (Fsp3) is 0.400. The molecule has 0 N–H and O–H groups in total. The molecule has 1 atom stereocenters. The number of hydrogen-bond donors (Lipinski definition) is 0. The van der Waals surface area contributed by atoms with Gasteiger partial charge in [-0.05, 0) is 42.7 Å². The van der Waals surface area contributed by atoms with E-state index in [0.29, 0.717) is 28.6 Å². The molecule has 0 radical (unpaired) electrons. The van der Waals surface area contributed by atoms with Crippen LogP contribution in [0.25, 0.3) is 6.08 Å². The molecule has 0 aromatic heterocycles. The number of nitrogens with zero attached hydrogens (tertiary/aromatic N) is 1. The Morgan fingerprint density at radius 1 is 1.23 bits per heavy atom. The molecule has 1 heterocycles. The predicted octanol–water partition coefficient (Wildman–Crippen LogP) is 4.81. The number of hydrogen-bond acceptors (Lipinski definition) is 1. The van der Waals surface area contributed by atoms with Gasteiger partial charge in [0.25, 0.3) is 0 Å². The molecule has 1 amide bonds. The molecule has 2 nitrogen and oxygen atoms in total. The number of rotatable bonds is 2. The van der Waals surface area contributed by atoms with Crippen LogP contribution in [0, 0.1) is 5.92 Å². The number of benzene rings is 1. The molecule has 120 valence electrons. The standard InChI is InChI=1S/C15H14Cl2F3NO/c16-12-6-10(7-13(17)8-12)3-4-14(22)21-5-1-2-11(9-21)15(18,19)20/h3-4,6-8,11H,1-2,5,9H2/b4-3+. The van der Waals surface area contributed by atoms with Crippen LogP contribution in [0.5, 0.6) is 0 Å². The van der Waals surface area contributed by atoms with Gasteiger partial charge in [0, 0.05) is 29.2 Å². The van der Waals surface area contributed by atoms with Gasteiger partial charge in [0.05, 0.1) is 5.92 Å². The number of halogens is 5. The molecule has 1 aromatic carbocycles. The van der Waals surface area contributed by atoms with Crippen LogP contribution >= 0.6 is 23.2 Å². The van der Waals surface area contributed by atoms with Crippen molar-refractivity contribution >= 4 is 35.2 Å². The van der Waals surface area contributed by atoms with E-state index in [-0.39, 0.29) is 13.0 Å². The van der Waals surface area contributed by atoms with Crippen LogP contribution in [0.3, 0.4) is 0 Å². The summed E-state index contributed by atoms with van der Waals surface area (Å²) in [5.41, 5.74) is 0.621. The van der Waals surface area contributed by atoms with Gasteiger partial charge in [-0.15, -0.1) is 0 Å². The van der Waals surface area contributed by atoms with Crippen molar-refractivity contribution in [1.29, 1.82) is 0 Å². The van der Waals surface area contributed by atoms with E-state index in [1.54, 1.807) is 18.2 Å². The van der Waals surface area contributed by atoms with Gasteiger partial charge in [-0.1, -0.05) is 23.2 Å². The van der Waals surface area contributed by atoms with Gasteiger partial charge in [0.2, 0.25) is 5.91 Å². The Kier molecular flexibility index (Phi) is 5.40. The van der Waals surface area contributed by atoms with Gasteiger partial charge in [-0.3, -0.25) is 4.79 Å². The predicted molar refractivity (Wildman–Crippen MR) is 80.9 cm³/mol. The lowest BCUT2D eigenvalue weighted by atomic mass is 9.97. The Hall–Kier alpha value is -1.20. The summed E-state index contributed by atoms with van der Waals surface area (Å²) < 4.78 is 38.2. The number of carbonyl (C=O) groups is 1. The summed E-state index contributed by atoms with van der Waals surface area (Å²) in [5, 5.41) is 0.851. The number of carbonyl (C=O) groups excluding carboxylic acids is 1. The van der Waals surface area contributed by atoms with Crippen LogP contribution in [0.1, 0.15) is 18.4 Å². The van der Waals surface area contributed by atoms with Crippen molar-refractivity contribution in [3.05, 3.63) is 39.9 Å². The van der Waals surface area contributed by atoms with Gasteiger partial charge in [0.15, 0.2) is 0 Å². The minimum atomic E-state index is -4.26. The highest BCUT2D eigenvalue weighted by atomic mass is 35.5. The van der Waals surface area contributed by atoms with Crippen molar-refractivity contribution in [3.63, 3.8) is 0 Å². The molecule has 1 aromatic rings. The SMILES string of the molecule is O=C(/C=C/c1cc(Cl)cc(Cl)c1)N1CCCC(C(F)(F)F)C1. The molecular weight excluding hydrogens is 338 g/mol. The highest BCUT2D eigenvalue weighted by Crippen LogP contribution is 2.33. The average Bonchev–Trinajstić information content (AvgIpc) is 2.43. The van der Waals surface area contributed by atoms with Crippen LogP contribution in [0.2, 0.25) is 10.0 Å². The number of likely N-dealkylation sites (tertiary alicyclic amines) is 1. The number of alkyl halides is 3. The zero-order valence-corrected chi connectivity index (χ0v) is 13.0. The van der Waals surface area contributed by atoms with Crippen LogP contribution in [-0.4, -0.2) is 30.1 Å². The van der Waals surface area contributed by atoms with E-state index in [1.165, 1.54) is 17.1 Å². The molecule has 7 heteroatoms. The van der Waals surface area contributed by atoms with E-state index in [0.717, 1.165) is 0 Å². The quantitative estimate of drug-likeness (QED) is 0.700. The van der Waals surface area contributed by atoms with Crippen molar-refractivity contribution in [2.24, 2.45) is 5.92 Å². The fourth-order valence-electron chi connectivity index (χ4n) is 2.39. The van der Waals surface area contributed by atoms with Gasteiger partial charge < -0.3 is 4.90 Å². The highest BCUT2D eigenvalue weighted by Gasteiger charge is 2.42. The molecule has 0 spiro atoms. The van der Waals surface area contributed by atoms with E-state index in [2.05, 4.69) is 0 Å². The average molecular weight is 352 g/mol. The van der Waals surface area contributed by atoms with Crippen molar-refractivity contribution < 1.29 is 18.0 Å². The van der Waals surface area contributed by atoms with E-state index in [1.807, 2.05) is 0 Å². The van der Waals surface area contributed by atoms with Gasteiger partial charge in [0.1, 0.15) is 0 Å². The van der Waals surface area contributed by atoms with Crippen molar-refractivity contribution in [2.45, 2.75) is 19.0 Å². The molecule has 1 fully saturated rings.